The first-order chi connectivity index (χ1) is 6.41. The highest BCUT2D eigenvalue weighted by atomic mass is 19.4. The molecule has 9 heteroatoms. The number of carboxylic acids is 1. The summed E-state index contributed by atoms with van der Waals surface area (Å²) in [6.45, 7) is 0.0286. The molecule has 0 radical (unpaired) electrons. The highest BCUT2D eigenvalue weighted by molar-refractivity contribution is 6.33. The highest BCUT2D eigenvalue weighted by Gasteiger charge is 2.06. The molecule has 1 heterocycles. The number of hydrogen-bond acceptors (Lipinski definition) is 1. The van der Waals surface area contributed by atoms with Crippen molar-refractivity contribution in [2.75, 3.05) is 0 Å². The van der Waals surface area contributed by atoms with E-state index in [0.717, 1.165) is 0 Å². The van der Waals surface area contributed by atoms with E-state index in [1.165, 1.54) is 0 Å². The van der Waals surface area contributed by atoms with Gasteiger partial charge in [-0.05, 0) is 0 Å². The van der Waals surface area contributed by atoms with Gasteiger partial charge in [0.25, 0.3) is 0 Å². The largest absolute Gasteiger partial charge is 1.00 e. The van der Waals surface area contributed by atoms with Crippen LogP contribution in [0.5, 0.6) is 0 Å². The van der Waals surface area contributed by atoms with E-state index in [9.17, 15) is 17.7 Å². The molecule has 1 aromatic rings. The number of carbonyl (C=O) groups is 1. The summed E-state index contributed by atoms with van der Waals surface area (Å²) in [7, 11) is -1.82. The molecule has 1 N–H and O–H groups in total. The van der Waals surface area contributed by atoms with Gasteiger partial charge in [0.05, 0.1) is 7.05 Å². The lowest BCUT2D eigenvalue weighted by molar-refractivity contribution is -0.671. The van der Waals surface area contributed by atoms with Crippen molar-refractivity contribution in [2.45, 2.75) is 6.54 Å². The van der Waals surface area contributed by atoms with Gasteiger partial charge in [0, 0.05) is 0 Å². The lowest BCUT2D eigenvalue weighted by atomic mass is 10.5. The van der Waals surface area contributed by atoms with Gasteiger partial charge < -0.3 is 9.81 Å². The van der Waals surface area contributed by atoms with Crippen LogP contribution in [-0.4, -0.2) is 23.2 Å². The van der Waals surface area contributed by atoms with E-state index in [2.05, 4.69) is 0 Å². The first-order valence-corrected chi connectivity index (χ1v) is 3.57. The van der Waals surface area contributed by atoms with Crippen molar-refractivity contribution in [1.29, 1.82) is 0 Å². The Bertz CT molecular complexity index is 292. The lowest BCUT2D eigenvalue weighted by Crippen LogP contribution is -3.00. The second-order valence-corrected chi connectivity index (χ2v) is 2.39. The van der Waals surface area contributed by atoms with Crippen molar-refractivity contribution in [3.63, 3.8) is 0 Å². The Morgan fingerprint density at radius 3 is 2.27 bits per heavy atom. The van der Waals surface area contributed by atoms with Gasteiger partial charge in [0.2, 0.25) is 6.33 Å². The third-order valence-electron chi connectivity index (χ3n) is 1.14. The quantitative estimate of drug-likeness (QED) is 0.339. The molecule has 0 saturated heterocycles. The molecular weight excluding hydrogens is 219 g/mol. The number of imidazole rings is 1. The molecule has 0 aromatic carbocycles. The summed E-state index contributed by atoms with van der Waals surface area (Å²) < 4.78 is 32.4. The molecule has 1 rings (SSSR count). The Balaban J connectivity index is 0. The zero-order valence-corrected chi connectivity index (χ0v) is 7.78. The van der Waals surface area contributed by atoms with Crippen LogP contribution in [-0.2, 0) is 18.4 Å². The predicted molar refractivity (Wildman–Crippen MR) is 42.3 cm³/mol. The number of aryl methyl sites for hydroxylation is 1. The Kier molecular flexibility index (Phi) is 8.31. The average Bonchev–Trinajstić information content (AvgIpc) is 2.32. The van der Waals surface area contributed by atoms with Crippen molar-refractivity contribution in [1.82, 2.24) is 4.57 Å². The summed E-state index contributed by atoms with van der Waals surface area (Å²) in [5.41, 5.74) is 0. The van der Waals surface area contributed by atoms with E-state index in [1.54, 1.807) is 27.9 Å². The van der Waals surface area contributed by atoms with Gasteiger partial charge in [-0.25, -0.2) is 13.9 Å². The maximum Gasteiger partial charge on any atom is 0.762 e. The van der Waals surface area contributed by atoms with Crippen LogP contribution in [0.2, 0.25) is 0 Å². The smallest absolute Gasteiger partial charge is 0.762 e. The minimum absolute atomic E-state index is 0. The van der Waals surface area contributed by atoms with Crippen LogP contribution in [0, 0.1) is 0 Å². The summed E-state index contributed by atoms with van der Waals surface area (Å²) in [5, 5.41) is 8.35. The number of hydrogen-bond donors (Lipinski definition) is 1. The van der Waals surface area contributed by atoms with Gasteiger partial charge in [-0.15, -0.1) is 0 Å². The number of rotatable bonds is 2. The fourth-order valence-corrected chi connectivity index (χ4v) is 0.751. The molecule has 0 amide bonds. The van der Waals surface area contributed by atoms with E-state index in [1.807, 2.05) is 7.05 Å². The molecule has 0 aliphatic carbocycles. The number of nitrogens with zero attached hydrogens (tertiary/aromatic N) is 2. The fraction of sp³-hybridized carbons (Fsp3) is 0.333. The molecular formula is C6H9BF4N2O2. The van der Waals surface area contributed by atoms with Crippen molar-refractivity contribution in [3.8, 4) is 0 Å². The highest BCUT2D eigenvalue weighted by Crippen LogP contribution is 1.82. The first-order valence-electron chi connectivity index (χ1n) is 3.57. The summed E-state index contributed by atoms with van der Waals surface area (Å²) in [5.74, 6) is -0.823. The van der Waals surface area contributed by atoms with Crippen LogP contribution in [0.1, 0.15) is 0 Å². The molecule has 1 aromatic heterocycles. The van der Waals surface area contributed by atoms with E-state index in [-0.39, 0.29) is 11.2 Å². The van der Waals surface area contributed by atoms with E-state index in [4.69, 9.17) is 5.11 Å². The molecule has 0 aliphatic rings. The van der Waals surface area contributed by atoms with Crippen molar-refractivity contribution >= 4 is 13.5 Å². The lowest BCUT2D eigenvalue weighted by Gasteiger charge is -1.85. The van der Waals surface area contributed by atoms with E-state index >= 15 is 0 Å². The van der Waals surface area contributed by atoms with Gasteiger partial charge >= 0.3 is 13.5 Å². The minimum Gasteiger partial charge on any atom is -1.00 e. The van der Waals surface area contributed by atoms with Crippen molar-refractivity contribution in [3.05, 3.63) is 18.7 Å². The van der Waals surface area contributed by atoms with Gasteiger partial charge in [-0.1, -0.05) is 0 Å². The van der Waals surface area contributed by atoms with Crippen molar-refractivity contribution in [2.24, 2.45) is 7.05 Å². The van der Waals surface area contributed by atoms with Gasteiger partial charge in [0.15, 0.2) is 6.54 Å². The molecule has 4 nitrogen and oxygen atoms in total. The minimum atomic E-state index is -3.67. The maximum atomic E-state index is 10.1. The molecule has 0 aliphatic heterocycles. The predicted octanol–water partition coefficient (Wildman–Crippen LogP) is -2.72. The molecule has 0 atom stereocenters. The van der Waals surface area contributed by atoms with Crippen LogP contribution in [0.15, 0.2) is 18.7 Å². The van der Waals surface area contributed by atoms with Gasteiger partial charge in [-0.3, -0.25) is 12.9 Å². The van der Waals surface area contributed by atoms with Crippen LogP contribution >= 0.6 is 0 Å². The molecule has 0 fully saturated rings. The van der Waals surface area contributed by atoms with Gasteiger partial charge in [-0.2, -0.15) is 0 Å². The first kappa shape index (κ1) is 15.9. The zero-order chi connectivity index (χ0) is 11.1. The summed E-state index contributed by atoms with van der Waals surface area (Å²) >= 11 is 0. The fourth-order valence-electron chi connectivity index (χ4n) is 0.751. The Labute approximate surface area is 83.5 Å². The monoisotopic (exact) mass is 228 g/mol. The molecule has 0 bridgehead atoms. The number of carboxylic acid groups (broad SMARTS) is 1. The summed E-state index contributed by atoms with van der Waals surface area (Å²) in [6, 6.07) is 0. The normalized spacial score (nSPS) is 8.27. The maximum absolute atomic E-state index is 10.1. The molecule has 86 valence electrons. The average molecular weight is 228 g/mol. The van der Waals surface area contributed by atoms with Crippen LogP contribution < -0.4 is 9.27 Å². The Hall–Kier alpha value is -1.54. The molecule has 0 unspecified atom stereocenters. The second-order valence-electron chi connectivity index (χ2n) is 2.39. The zero-order valence-electron chi connectivity index (χ0n) is 7.78. The van der Waals surface area contributed by atoms with Crippen LogP contribution in [0.3, 0.4) is 0 Å². The summed E-state index contributed by atoms with van der Waals surface area (Å²) in [6.07, 6.45) is 5.23. The molecule has 0 saturated carbocycles. The van der Waals surface area contributed by atoms with Crippen LogP contribution in [0.25, 0.3) is 0 Å². The van der Waals surface area contributed by atoms with Gasteiger partial charge in [0.1, 0.15) is 12.4 Å². The number of aliphatic carboxylic acids is 1. The molecule has 15 heavy (non-hydrogen) atoms. The van der Waals surface area contributed by atoms with E-state index in [0.29, 0.717) is 0 Å². The van der Waals surface area contributed by atoms with E-state index < -0.39 is 13.5 Å². The topological polar surface area (TPSA) is 46.1 Å². The third-order valence-corrected chi connectivity index (χ3v) is 1.14. The Morgan fingerprint density at radius 1 is 1.53 bits per heavy atom. The third kappa shape index (κ3) is 10.4. The number of halogens is 4. The summed E-state index contributed by atoms with van der Waals surface area (Å²) in [4.78, 5) is 10.1. The van der Waals surface area contributed by atoms with Crippen LogP contribution in [0.4, 0.5) is 12.9 Å². The second kappa shape index (κ2) is 7.83. The standard InChI is InChI=1S/C6H8N2O2.BF3.FH/c1-7-2-3-8(5-7)4-6(9)10;2-1(3)4;/h2-3,5H,4H2,1H3;;1H. The molecule has 0 spiro atoms. The van der Waals surface area contributed by atoms with Crippen molar-refractivity contribution < 1.29 is 32.1 Å². The Morgan fingerprint density at radius 2 is 2.00 bits per heavy atom. The SMILES string of the molecule is C[n+]1ccn(CC(=O)O)c1.FB(F)F.[F-]. The number of aromatic nitrogens is 2.